The van der Waals surface area contributed by atoms with Gasteiger partial charge in [0.05, 0.1) is 0 Å². The number of carbonyl (C=O) groups is 1. The number of carbonyl (C=O) groups excluding carboxylic acids is 1. The second-order valence-electron chi connectivity index (χ2n) is 2.30. The van der Waals surface area contributed by atoms with Crippen LogP contribution in [0.1, 0.15) is 17.3 Å². The molecule has 0 heterocycles. The Balaban J connectivity index is 3.38. The van der Waals surface area contributed by atoms with Crippen LogP contribution >= 0.6 is 47.8 Å². The molecular weight excluding hydrogens is 352 g/mol. The van der Waals surface area contributed by atoms with Crippen molar-refractivity contribution in [3.05, 3.63) is 31.1 Å². The zero-order valence-electron chi connectivity index (χ0n) is 6.20. The third-order valence-corrected chi connectivity index (χ3v) is 3.07. The number of halogens is 3. The molecule has 0 aliphatic rings. The summed E-state index contributed by atoms with van der Waals surface area (Å²) in [6.07, 6.45) is 0. The van der Waals surface area contributed by atoms with Crippen LogP contribution in [-0.2, 0) is 0 Å². The Morgan fingerprint density at radius 3 is 1.92 bits per heavy atom. The molecule has 64 valence electrons. The molecular formula is C8H5Br3O. The molecule has 0 saturated carbocycles. The fourth-order valence-corrected chi connectivity index (χ4v) is 3.70. The van der Waals surface area contributed by atoms with E-state index in [1.807, 2.05) is 12.1 Å². The van der Waals surface area contributed by atoms with E-state index in [2.05, 4.69) is 47.8 Å². The standard InChI is InChI=1S/C8H5Br3O/c1-4(12)8-6(10)2-5(9)3-7(8)11/h2-3H,1H3. The summed E-state index contributed by atoms with van der Waals surface area (Å²) in [6, 6.07) is 3.70. The van der Waals surface area contributed by atoms with E-state index in [9.17, 15) is 4.79 Å². The number of hydrogen-bond donors (Lipinski definition) is 0. The van der Waals surface area contributed by atoms with Crippen molar-refractivity contribution in [3.63, 3.8) is 0 Å². The minimum absolute atomic E-state index is 0.0428. The molecule has 0 unspecified atom stereocenters. The highest BCUT2D eigenvalue weighted by Crippen LogP contribution is 2.29. The molecule has 0 bridgehead atoms. The van der Waals surface area contributed by atoms with Crippen molar-refractivity contribution >= 4 is 53.6 Å². The first kappa shape index (κ1) is 10.4. The van der Waals surface area contributed by atoms with Crippen molar-refractivity contribution in [1.29, 1.82) is 0 Å². The average molecular weight is 357 g/mol. The van der Waals surface area contributed by atoms with E-state index in [-0.39, 0.29) is 5.78 Å². The molecule has 1 rings (SSSR count). The second kappa shape index (κ2) is 4.03. The Bertz CT molecular complexity index is 310. The fraction of sp³-hybridized carbons (Fsp3) is 0.125. The summed E-state index contributed by atoms with van der Waals surface area (Å²) in [5.41, 5.74) is 0.679. The van der Waals surface area contributed by atoms with Crippen LogP contribution in [0, 0.1) is 0 Å². The minimum atomic E-state index is 0.0428. The predicted octanol–water partition coefficient (Wildman–Crippen LogP) is 4.18. The third kappa shape index (κ3) is 2.18. The van der Waals surface area contributed by atoms with Crippen molar-refractivity contribution < 1.29 is 4.79 Å². The van der Waals surface area contributed by atoms with E-state index >= 15 is 0 Å². The molecule has 0 fully saturated rings. The molecule has 0 amide bonds. The Labute approximate surface area is 95.9 Å². The van der Waals surface area contributed by atoms with Gasteiger partial charge in [0.15, 0.2) is 5.78 Å². The fourth-order valence-electron chi connectivity index (χ4n) is 0.879. The summed E-state index contributed by atoms with van der Waals surface area (Å²) in [5.74, 6) is 0.0428. The van der Waals surface area contributed by atoms with Gasteiger partial charge < -0.3 is 0 Å². The minimum Gasteiger partial charge on any atom is -0.294 e. The van der Waals surface area contributed by atoms with Gasteiger partial charge in [0.1, 0.15) is 0 Å². The molecule has 1 aromatic rings. The average Bonchev–Trinajstić information content (AvgIpc) is 1.82. The quantitative estimate of drug-likeness (QED) is 0.690. The van der Waals surface area contributed by atoms with Gasteiger partial charge in [-0.25, -0.2) is 0 Å². The van der Waals surface area contributed by atoms with Crippen molar-refractivity contribution in [2.24, 2.45) is 0 Å². The van der Waals surface area contributed by atoms with Gasteiger partial charge in [-0.1, -0.05) is 15.9 Å². The predicted molar refractivity (Wildman–Crippen MR) is 59.5 cm³/mol. The lowest BCUT2D eigenvalue weighted by Gasteiger charge is -2.03. The molecule has 4 heteroatoms. The summed E-state index contributed by atoms with van der Waals surface area (Å²) in [7, 11) is 0. The number of rotatable bonds is 1. The van der Waals surface area contributed by atoms with Gasteiger partial charge in [0.25, 0.3) is 0 Å². The first-order valence-corrected chi connectivity index (χ1v) is 5.55. The van der Waals surface area contributed by atoms with E-state index in [0.717, 1.165) is 13.4 Å². The molecule has 0 aliphatic heterocycles. The molecule has 0 spiro atoms. The second-order valence-corrected chi connectivity index (χ2v) is 4.92. The van der Waals surface area contributed by atoms with Crippen LogP contribution in [0.4, 0.5) is 0 Å². The molecule has 0 saturated heterocycles. The molecule has 1 nitrogen and oxygen atoms in total. The lowest BCUT2D eigenvalue weighted by molar-refractivity contribution is 0.101. The SMILES string of the molecule is CC(=O)c1c(Br)cc(Br)cc1Br. The maximum atomic E-state index is 11.1. The topological polar surface area (TPSA) is 17.1 Å². The van der Waals surface area contributed by atoms with Crippen LogP contribution in [0.25, 0.3) is 0 Å². The largest absolute Gasteiger partial charge is 0.294 e. The van der Waals surface area contributed by atoms with Gasteiger partial charge in [-0.15, -0.1) is 0 Å². The van der Waals surface area contributed by atoms with E-state index in [1.165, 1.54) is 0 Å². The van der Waals surface area contributed by atoms with Gasteiger partial charge in [-0.2, -0.15) is 0 Å². The zero-order valence-corrected chi connectivity index (χ0v) is 11.0. The first-order chi connectivity index (χ1) is 5.52. The van der Waals surface area contributed by atoms with E-state index in [0.29, 0.717) is 5.56 Å². The van der Waals surface area contributed by atoms with Crippen molar-refractivity contribution in [2.75, 3.05) is 0 Å². The number of ketones is 1. The van der Waals surface area contributed by atoms with Crippen molar-refractivity contribution in [1.82, 2.24) is 0 Å². The van der Waals surface area contributed by atoms with Gasteiger partial charge in [0.2, 0.25) is 0 Å². The van der Waals surface area contributed by atoms with Gasteiger partial charge >= 0.3 is 0 Å². The van der Waals surface area contributed by atoms with Crippen LogP contribution in [-0.4, -0.2) is 5.78 Å². The molecule has 12 heavy (non-hydrogen) atoms. The van der Waals surface area contributed by atoms with Crippen molar-refractivity contribution in [3.8, 4) is 0 Å². The Kier molecular flexibility index (Phi) is 3.49. The monoisotopic (exact) mass is 354 g/mol. The lowest BCUT2D eigenvalue weighted by Crippen LogP contribution is -1.95. The molecule has 0 aliphatic carbocycles. The molecule has 0 N–H and O–H groups in total. The van der Waals surface area contributed by atoms with E-state index in [4.69, 9.17) is 0 Å². The number of hydrogen-bond acceptors (Lipinski definition) is 1. The highest BCUT2D eigenvalue weighted by Gasteiger charge is 2.10. The first-order valence-electron chi connectivity index (χ1n) is 3.18. The summed E-state index contributed by atoms with van der Waals surface area (Å²) in [6.45, 7) is 1.54. The normalized spacial score (nSPS) is 10.0. The maximum Gasteiger partial charge on any atom is 0.162 e. The zero-order chi connectivity index (χ0) is 9.30. The van der Waals surface area contributed by atoms with Crippen LogP contribution in [0.3, 0.4) is 0 Å². The Hall–Kier alpha value is 0.330. The summed E-state index contributed by atoms with van der Waals surface area (Å²) < 4.78 is 2.54. The Morgan fingerprint density at radius 2 is 1.58 bits per heavy atom. The lowest BCUT2D eigenvalue weighted by atomic mass is 10.2. The van der Waals surface area contributed by atoms with Crippen LogP contribution in [0.15, 0.2) is 25.6 Å². The molecule has 1 aromatic carbocycles. The van der Waals surface area contributed by atoms with Gasteiger partial charge in [-0.3, -0.25) is 4.79 Å². The summed E-state index contributed by atoms with van der Waals surface area (Å²) in [4.78, 5) is 11.1. The van der Waals surface area contributed by atoms with Crippen LogP contribution in [0.5, 0.6) is 0 Å². The number of Topliss-reactive ketones (excluding diaryl/α,β-unsaturated/α-hetero) is 1. The molecule has 0 radical (unpaired) electrons. The number of benzene rings is 1. The summed E-state index contributed by atoms with van der Waals surface area (Å²) >= 11 is 9.96. The van der Waals surface area contributed by atoms with Gasteiger partial charge in [-0.05, 0) is 50.9 Å². The maximum absolute atomic E-state index is 11.1. The summed E-state index contributed by atoms with van der Waals surface area (Å²) in [5, 5.41) is 0. The highest BCUT2D eigenvalue weighted by atomic mass is 79.9. The molecule has 0 aromatic heterocycles. The Morgan fingerprint density at radius 1 is 1.17 bits per heavy atom. The third-order valence-electron chi connectivity index (χ3n) is 1.36. The highest BCUT2D eigenvalue weighted by molar-refractivity contribution is 9.11. The van der Waals surface area contributed by atoms with E-state index < -0.39 is 0 Å². The van der Waals surface area contributed by atoms with Crippen LogP contribution < -0.4 is 0 Å². The molecule has 0 atom stereocenters. The van der Waals surface area contributed by atoms with Crippen molar-refractivity contribution in [2.45, 2.75) is 6.92 Å². The van der Waals surface area contributed by atoms with Crippen LogP contribution in [0.2, 0.25) is 0 Å². The van der Waals surface area contributed by atoms with Gasteiger partial charge in [0, 0.05) is 19.0 Å². The smallest absolute Gasteiger partial charge is 0.162 e. The van der Waals surface area contributed by atoms with E-state index in [1.54, 1.807) is 6.92 Å².